The molecule has 0 bridgehead atoms. The fourth-order valence-corrected chi connectivity index (χ4v) is 2.52. The maximum atomic E-state index is 12.2. The van der Waals surface area contributed by atoms with E-state index in [1.807, 2.05) is 0 Å². The van der Waals surface area contributed by atoms with Crippen LogP contribution in [-0.4, -0.2) is 36.6 Å². The van der Waals surface area contributed by atoms with E-state index < -0.39 is 0 Å². The van der Waals surface area contributed by atoms with Gasteiger partial charge in [0.1, 0.15) is 17.2 Å². The van der Waals surface area contributed by atoms with Gasteiger partial charge in [-0.1, -0.05) is 31.4 Å². The Labute approximate surface area is 158 Å². The van der Waals surface area contributed by atoms with Gasteiger partial charge in [0.15, 0.2) is 0 Å². The number of methoxy groups -OCH3 is 2. The van der Waals surface area contributed by atoms with Gasteiger partial charge in [0.2, 0.25) is 5.95 Å². The molecule has 7 nitrogen and oxygen atoms in total. The number of hydrogen-bond donors (Lipinski definition) is 2. The molecule has 140 valence electrons. The van der Waals surface area contributed by atoms with E-state index in [1.54, 1.807) is 18.2 Å². The summed E-state index contributed by atoms with van der Waals surface area (Å²) in [6.45, 7) is 2.74. The van der Waals surface area contributed by atoms with Crippen molar-refractivity contribution in [2.24, 2.45) is 0 Å². The third-order valence-electron chi connectivity index (χ3n) is 3.67. The Kier molecular flexibility index (Phi) is 7.47. The van der Waals surface area contributed by atoms with Crippen LogP contribution >= 0.6 is 11.6 Å². The van der Waals surface area contributed by atoms with E-state index in [4.69, 9.17) is 21.1 Å². The molecule has 1 heterocycles. The first kappa shape index (κ1) is 19.8. The molecule has 0 atom stereocenters. The number of carbonyl (C=O) groups is 1. The van der Waals surface area contributed by atoms with Crippen LogP contribution in [0.2, 0.25) is 5.02 Å². The quantitative estimate of drug-likeness (QED) is 0.645. The summed E-state index contributed by atoms with van der Waals surface area (Å²) >= 11 is 6.10. The number of ether oxygens (including phenoxy) is 2. The van der Waals surface area contributed by atoms with Crippen molar-refractivity contribution >= 4 is 29.1 Å². The van der Waals surface area contributed by atoms with Crippen molar-refractivity contribution in [2.75, 3.05) is 26.1 Å². The Hall–Kier alpha value is -2.54. The number of rotatable bonds is 9. The van der Waals surface area contributed by atoms with Crippen molar-refractivity contribution < 1.29 is 14.3 Å². The highest BCUT2D eigenvalue weighted by molar-refractivity contribution is 6.32. The third kappa shape index (κ3) is 5.23. The summed E-state index contributed by atoms with van der Waals surface area (Å²) in [4.78, 5) is 20.6. The molecule has 0 aliphatic heterocycles. The Morgan fingerprint density at radius 3 is 2.65 bits per heavy atom. The minimum atomic E-state index is -0.229. The van der Waals surface area contributed by atoms with Gasteiger partial charge in [-0.3, -0.25) is 4.79 Å². The lowest BCUT2D eigenvalue weighted by atomic mass is 10.2. The van der Waals surface area contributed by atoms with Crippen molar-refractivity contribution in [1.82, 2.24) is 15.3 Å². The summed E-state index contributed by atoms with van der Waals surface area (Å²) in [6, 6.07) is 4.88. The summed E-state index contributed by atoms with van der Waals surface area (Å²) in [7, 11) is 3.06. The highest BCUT2D eigenvalue weighted by Gasteiger charge is 2.13. The first-order chi connectivity index (χ1) is 12.6. The number of nitrogens with zero attached hydrogens (tertiary/aromatic N) is 2. The van der Waals surface area contributed by atoms with Gasteiger partial charge in [-0.25, -0.2) is 9.97 Å². The molecule has 0 fully saturated rings. The number of aromatic nitrogens is 2. The smallest absolute Gasteiger partial charge is 0.270 e. The predicted molar refractivity (Wildman–Crippen MR) is 102 cm³/mol. The summed E-state index contributed by atoms with van der Waals surface area (Å²) in [6.07, 6.45) is 4.65. The summed E-state index contributed by atoms with van der Waals surface area (Å²) in [5.74, 6) is 1.04. The van der Waals surface area contributed by atoms with Crippen LogP contribution in [0.4, 0.5) is 11.6 Å². The van der Waals surface area contributed by atoms with Crippen LogP contribution in [0.15, 0.2) is 24.4 Å². The molecular formula is C18H23ClN4O3. The van der Waals surface area contributed by atoms with Gasteiger partial charge in [-0.15, -0.1) is 0 Å². The third-order valence-corrected chi connectivity index (χ3v) is 3.97. The van der Waals surface area contributed by atoms with Gasteiger partial charge in [0.05, 0.1) is 24.9 Å². The molecule has 2 N–H and O–H groups in total. The maximum absolute atomic E-state index is 12.2. The number of nitrogens with one attached hydrogen (secondary N) is 2. The summed E-state index contributed by atoms with van der Waals surface area (Å²) in [5.41, 5.74) is 0.869. The van der Waals surface area contributed by atoms with Crippen LogP contribution < -0.4 is 20.1 Å². The number of unbranched alkanes of at least 4 members (excludes halogenated alkanes) is 2. The molecule has 1 amide bonds. The molecule has 0 aliphatic carbocycles. The number of halogens is 1. The number of benzene rings is 1. The molecule has 8 heteroatoms. The zero-order chi connectivity index (χ0) is 18.9. The topological polar surface area (TPSA) is 85.4 Å². The van der Waals surface area contributed by atoms with E-state index in [1.165, 1.54) is 20.4 Å². The average Bonchev–Trinajstić information content (AvgIpc) is 2.66. The Morgan fingerprint density at radius 1 is 1.19 bits per heavy atom. The van der Waals surface area contributed by atoms with Crippen LogP contribution in [0.3, 0.4) is 0 Å². The minimum absolute atomic E-state index is 0.229. The molecule has 0 aliphatic rings. The van der Waals surface area contributed by atoms with Crippen molar-refractivity contribution in [3.8, 4) is 11.5 Å². The van der Waals surface area contributed by atoms with E-state index in [9.17, 15) is 4.79 Å². The molecule has 26 heavy (non-hydrogen) atoms. The lowest BCUT2D eigenvalue weighted by molar-refractivity contribution is 0.0948. The molecule has 0 saturated heterocycles. The number of hydrogen-bond acceptors (Lipinski definition) is 6. The van der Waals surface area contributed by atoms with Crippen LogP contribution in [-0.2, 0) is 0 Å². The number of carbonyl (C=O) groups excluding carboxylic acids is 1. The fraction of sp³-hybridized carbons (Fsp3) is 0.389. The van der Waals surface area contributed by atoms with Gasteiger partial charge in [-0.2, -0.15) is 0 Å². The van der Waals surface area contributed by atoms with Crippen molar-refractivity contribution in [3.63, 3.8) is 0 Å². The zero-order valence-electron chi connectivity index (χ0n) is 15.1. The van der Waals surface area contributed by atoms with Gasteiger partial charge in [0, 0.05) is 24.9 Å². The van der Waals surface area contributed by atoms with Crippen LogP contribution in [0.1, 0.15) is 36.7 Å². The van der Waals surface area contributed by atoms with Gasteiger partial charge in [-0.05, 0) is 12.5 Å². The largest absolute Gasteiger partial charge is 0.495 e. The number of anilines is 2. The second-order valence-electron chi connectivity index (χ2n) is 5.54. The molecule has 0 unspecified atom stereocenters. The molecule has 0 saturated carbocycles. The van der Waals surface area contributed by atoms with E-state index in [0.29, 0.717) is 34.4 Å². The standard InChI is InChI=1S/C18H23ClN4O3/c1-4-5-6-8-20-17(24)13-7-9-21-18(22-13)23-14-11-15(25-2)12(19)10-16(14)26-3/h7,9-11H,4-6,8H2,1-3H3,(H,20,24)(H,21,22,23). The minimum Gasteiger partial charge on any atom is -0.495 e. The molecule has 1 aromatic carbocycles. The number of amides is 1. The summed E-state index contributed by atoms with van der Waals surface area (Å²) < 4.78 is 10.5. The van der Waals surface area contributed by atoms with Crippen LogP contribution in [0.5, 0.6) is 11.5 Å². The van der Waals surface area contributed by atoms with Gasteiger partial charge in [0.25, 0.3) is 5.91 Å². The monoisotopic (exact) mass is 378 g/mol. The van der Waals surface area contributed by atoms with Gasteiger partial charge < -0.3 is 20.1 Å². The fourth-order valence-electron chi connectivity index (χ4n) is 2.29. The highest BCUT2D eigenvalue weighted by Crippen LogP contribution is 2.36. The highest BCUT2D eigenvalue weighted by atomic mass is 35.5. The first-order valence-electron chi connectivity index (χ1n) is 8.38. The predicted octanol–water partition coefficient (Wildman–Crippen LogP) is 3.81. The average molecular weight is 379 g/mol. The van der Waals surface area contributed by atoms with Crippen molar-refractivity contribution in [2.45, 2.75) is 26.2 Å². The normalized spacial score (nSPS) is 10.3. The lowest BCUT2D eigenvalue weighted by Gasteiger charge is -2.13. The SMILES string of the molecule is CCCCCNC(=O)c1ccnc(Nc2cc(OC)c(Cl)cc2OC)n1. The van der Waals surface area contributed by atoms with E-state index >= 15 is 0 Å². The van der Waals surface area contributed by atoms with E-state index in [0.717, 1.165) is 19.3 Å². The maximum Gasteiger partial charge on any atom is 0.270 e. The Balaban J connectivity index is 2.14. The molecule has 2 aromatic rings. The van der Waals surface area contributed by atoms with Gasteiger partial charge >= 0.3 is 0 Å². The second kappa shape index (κ2) is 9.82. The molecule has 0 radical (unpaired) electrons. The molecule has 2 rings (SSSR count). The second-order valence-corrected chi connectivity index (χ2v) is 5.95. The van der Waals surface area contributed by atoms with Crippen LogP contribution in [0.25, 0.3) is 0 Å². The molecule has 0 spiro atoms. The molecule has 1 aromatic heterocycles. The first-order valence-corrected chi connectivity index (χ1v) is 8.76. The van der Waals surface area contributed by atoms with E-state index in [2.05, 4.69) is 27.5 Å². The Morgan fingerprint density at radius 2 is 1.96 bits per heavy atom. The summed E-state index contributed by atoms with van der Waals surface area (Å²) in [5, 5.41) is 6.31. The zero-order valence-corrected chi connectivity index (χ0v) is 15.9. The molecular weight excluding hydrogens is 356 g/mol. The lowest BCUT2D eigenvalue weighted by Crippen LogP contribution is -2.25. The van der Waals surface area contributed by atoms with Crippen molar-refractivity contribution in [1.29, 1.82) is 0 Å². The Bertz CT molecular complexity index is 755. The van der Waals surface area contributed by atoms with E-state index in [-0.39, 0.29) is 11.9 Å². The van der Waals surface area contributed by atoms with Crippen molar-refractivity contribution in [3.05, 3.63) is 35.1 Å². The van der Waals surface area contributed by atoms with Crippen LogP contribution in [0, 0.1) is 0 Å².